The molecule has 0 unspecified atom stereocenters. The van der Waals surface area contributed by atoms with Gasteiger partial charge in [-0.2, -0.15) is 4.31 Å². The zero-order valence-electron chi connectivity index (χ0n) is 14.0. The molecule has 0 bridgehead atoms. The molecule has 0 atom stereocenters. The van der Waals surface area contributed by atoms with Crippen molar-refractivity contribution >= 4 is 45.6 Å². The molecule has 1 amide bonds. The standard InChI is InChI=1S/C14H21N3O5S2.ClH/c1-10-7-12(11(2)23-10)24(21,22)17-5-3-16(4-6-17)9-13(18)15-8-14(19)20;/h7H,3-6,8-9H2,1-2H3,(H,15,18)(H,19,20);1H. The second-order valence-corrected chi connectivity index (χ2v) is 8.99. The van der Waals surface area contributed by atoms with Gasteiger partial charge in [0.25, 0.3) is 0 Å². The van der Waals surface area contributed by atoms with Crippen LogP contribution in [-0.4, -0.2) is 73.9 Å². The summed E-state index contributed by atoms with van der Waals surface area (Å²) >= 11 is 1.46. The summed E-state index contributed by atoms with van der Waals surface area (Å²) in [4.78, 5) is 25.9. The predicted molar refractivity (Wildman–Crippen MR) is 96.9 cm³/mol. The minimum absolute atomic E-state index is 0. The van der Waals surface area contributed by atoms with E-state index < -0.39 is 22.5 Å². The Bertz CT molecular complexity index is 727. The molecule has 0 radical (unpaired) electrons. The third-order valence-electron chi connectivity index (χ3n) is 3.75. The molecule has 0 spiro atoms. The quantitative estimate of drug-likeness (QED) is 0.696. The number of aliphatic carboxylic acids is 1. The van der Waals surface area contributed by atoms with Crippen LogP contribution in [0.15, 0.2) is 11.0 Å². The first-order chi connectivity index (χ1) is 11.2. The number of nitrogens with zero attached hydrogens (tertiary/aromatic N) is 2. The van der Waals surface area contributed by atoms with Gasteiger partial charge in [-0.25, -0.2) is 8.42 Å². The summed E-state index contributed by atoms with van der Waals surface area (Å²) in [7, 11) is -3.51. The normalized spacial score (nSPS) is 16.2. The van der Waals surface area contributed by atoms with Crippen LogP contribution in [0.5, 0.6) is 0 Å². The van der Waals surface area contributed by atoms with Gasteiger partial charge in [-0.3, -0.25) is 14.5 Å². The molecule has 0 saturated carbocycles. The fourth-order valence-corrected chi connectivity index (χ4v) is 5.51. The number of sulfonamides is 1. The number of thiophene rings is 1. The zero-order chi connectivity index (χ0) is 17.9. The first-order valence-corrected chi connectivity index (χ1v) is 9.74. The average Bonchev–Trinajstić information content (AvgIpc) is 2.85. The van der Waals surface area contributed by atoms with E-state index in [-0.39, 0.29) is 24.9 Å². The number of nitrogens with one attached hydrogen (secondary N) is 1. The van der Waals surface area contributed by atoms with E-state index in [1.54, 1.807) is 13.0 Å². The monoisotopic (exact) mass is 411 g/mol. The van der Waals surface area contributed by atoms with Crippen LogP contribution in [0.4, 0.5) is 0 Å². The molecule has 25 heavy (non-hydrogen) atoms. The summed E-state index contributed by atoms with van der Waals surface area (Å²) in [5.41, 5.74) is 0. The molecule has 0 aliphatic carbocycles. The maximum atomic E-state index is 12.7. The van der Waals surface area contributed by atoms with Gasteiger partial charge < -0.3 is 10.4 Å². The van der Waals surface area contributed by atoms with Gasteiger partial charge in [0.2, 0.25) is 15.9 Å². The molecule has 1 aliphatic heterocycles. The van der Waals surface area contributed by atoms with Gasteiger partial charge in [0.15, 0.2) is 0 Å². The minimum atomic E-state index is -3.51. The van der Waals surface area contributed by atoms with Gasteiger partial charge in [0, 0.05) is 35.9 Å². The molecule has 1 aromatic rings. The first-order valence-electron chi connectivity index (χ1n) is 7.48. The summed E-state index contributed by atoms with van der Waals surface area (Å²) in [6, 6.07) is 1.70. The molecular weight excluding hydrogens is 390 g/mol. The fourth-order valence-electron chi connectivity index (χ4n) is 2.56. The Hall–Kier alpha value is -1.20. The molecule has 2 rings (SSSR count). The van der Waals surface area contributed by atoms with Crippen LogP contribution in [0.2, 0.25) is 0 Å². The van der Waals surface area contributed by atoms with E-state index in [9.17, 15) is 18.0 Å². The Labute approximate surface area is 157 Å². The Balaban J connectivity index is 0.00000312. The van der Waals surface area contributed by atoms with Crippen molar-refractivity contribution in [2.24, 2.45) is 0 Å². The summed E-state index contributed by atoms with van der Waals surface area (Å²) in [5.74, 6) is -1.47. The second kappa shape index (κ2) is 8.95. The van der Waals surface area contributed by atoms with Crippen molar-refractivity contribution in [3.05, 3.63) is 15.8 Å². The highest BCUT2D eigenvalue weighted by Crippen LogP contribution is 2.28. The van der Waals surface area contributed by atoms with Gasteiger partial charge in [-0.1, -0.05) is 0 Å². The van der Waals surface area contributed by atoms with Crippen molar-refractivity contribution in [3.8, 4) is 0 Å². The van der Waals surface area contributed by atoms with Crippen molar-refractivity contribution in [1.82, 2.24) is 14.5 Å². The topological polar surface area (TPSA) is 107 Å². The Morgan fingerprint density at radius 2 is 1.84 bits per heavy atom. The first kappa shape index (κ1) is 21.8. The van der Waals surface area contributed by atoms with E-state index >= 15 is 0 Å². The largest absolute Gasteiger partial charge is 0.480 e. The van der Waals surface area contributed by atoms with Crippen molar-refractivity contribution in [2.45, 2.75) is 18.7 Å². The van der Waals surface area contributed by atoms with E-state index in [4.69, 9.17) is 5.11 Å². The lowest BCUT2D eigenvalue weighted by Gasteiger charge is -2.33. The molecule has 2 N–H and O–H groups in total. The van der Waals surface area contributed by atoms with E-state index in [0.29, 0.717) is 31.1 Å². The summed E-state index contributed by atoms with van der Waals surface area (Å²) in [5, 5.41) is 10.8. The van der Waals surface area contributed by atoms with Gasteiger partial charge in [0.1, 0.15) is 6.54 Å². The number of halogens is 1. The minimum Gasteiger partial charge on any atom is -0.480 e. The molecule has 1 fully saturated rings. The average molecular weight is 412 g/mol. The van der Waals surface area contributed by atoms with Gasteiger partial charge in [0.05, 0.1) is 11.4 Å². The number of hydrogen-bond donors (Lipinski definition) is 2. The van der Waals surface area contributed by atoms with Crippen LogP contribution in [-0.2, 0) is 19.6 Å². The van der Waals surface area contributed by atoms with E-state index in [0.717, 1.165) is 9.75 Å². The molecule has 2 heterocycles. The molecular formula is C14H22ClN3O5S2. The molecule has 11 heteroatoms. The number of carboxylic acid groups (broad SMARTS) is 1. The van der Waals surface area contributed by atoms with Crippen LogP contribution in [0.3, 0.4) is 0 Å². The Morgan fingerprint density at radius 1 is 1.24 bits per heavy atom. The van der Waals surface area contributed by atoms with Crippen LogP contribution in [0.1, 0.15) is 9.75 Å². The van der Waals surface area contributed by atoms with Crippen molar-refractivity contribution < 1.29 is 23.1 Å². The predicted octanol–water partition coefficient (Wildman–Crippen LogP) is 0.294. The SMILES string of the molecule is Cc1cc(S(=O)(=O)N2CCN(CC(=O)NCC(=O)O)CC2)c(C)s1.Cl. The number of hydrogen-bond acceptors (Lipinski definition) is 6. The highest BCUT2D eigenvalue weighted by Gasteiger charge is 2.30. The molecule has 0 aromatic carbocycles. The van der Waals surface area contributed by atoms with Crippen molar-refractivity contribution in [1.29, 1.82) is 0 Å². The molecule has 1 saturated heterocycles. The van der Waals surface area contributed by atoms with Crippen LogP contribution in [0, 0.1) is 13.8 Å². The number of amides is 1. The summed E-state index contributed by atoms with van der Waals surface area (Å²) in [6.45, 7) is 4.81. The number of carbonyl (C=O) groups excluding carboxylic acids is 1. The number of carbonyl (C=O) groups is 2. The molecule has 142 valence electrons. The van der Waals surface area contributed by atoms with Gasteiger partial charge >= 0.3 is 5.97 Å². The maximum absolute atomic E-state index is 12.7. The van der Waals surface area contributed by atoms with Crippen LogP contribution >= 0.6 is 23.7 Å². The summed E-state index contributed by atoms with van der Waals surface area (Å²) < 4.78 is 26.8. The lowest BCUT2D eigenvalue weighted by molar-refractivity contribution is -0.138. The van der Waals surface area contributed by atoms with Crippen LogP contribution in [0.25, 0.3) is 0 Å². The second-order valence-electron chi connectivity index (χ2n) is 5.63. The third kappa shape index (κ3) is 5.65. The molecule has 8 nitrogen and oxygen atoms in total. The third-order valence-corrected chi connectivity index (χ3v) is 6.87. The molecule has 1 aromatic heterocycles. The number of carboxylic acids is 1. The lowest BCUT2D eigenvalue weighted by atomic mass is 10.3. The van der Waals surface area contributed by atoms with E-state index in [1.807, 2.05) is 11.8 Å². The lowest BCUT2D eigenvalue weighted by Crippen LogP contribution is -2.51. The maximum Gasteiger partial charge on any atom is 0.322 e. The zero-order valence-corrected chi connectivity index (χ0v) is 16.5. The highest BCUT2D eigenvalue weighted by atomic mass is 35.5. The van der Waals surface area contributed by atoms with Gasteiger partial charge in [-0.15, -0.1) is 23.7 Å². The number of aryl methyl sites for hydroxylation is 2. The number of piperazine rings is 1. The van der Waals surface area contributed by atoms with Crippen molar-refractivity contribution in [3.63, 3.8) is 0 Å². The van der Waals surface area contributed by atoms with Crippen molar-refractivity contribution in [2.75, 3.05) is 39.3 Å². The van der Waals surface area contributed by atoms with Crippen LogP contribution < -0.4 is 5.32 Å². The Morgan fingerprint density at radius 3 is 2.32 bits per heavy atom. The Kier molecular flexibility index (Phi) is 7.82. The fraction of sp³-hybridized carbons (Fsp3) is 0.571. The summed E-state index contributed by atoms with van der Waals surface area (Å²) in [6.07, 6.45) is 0. The molecule has 1 aliphatic rings. The van der Waals surface area contributed by atoms with Gasteiger partial charge in [-0.05, 0) is 19.9 Å². The highest BCUT2D eigenvalue weighted by molar-refractivity contribution is 7.89. The van der Waals surface area contributed by atoms with E-state index in [1.165, 1.54) is 15.6 Å². The number of rotatable bonds is 6. The van der Waals surface area contributed by atoms with E-state index in [2.05, 4.69) is 5.32 Å². The smallest absolute Gasteiger partial charge is 0.322 e.